The van der Waals surface area contributed by atoms with Gasteiger partial charge >= 0.3 is 0 Å². The Labute approximate surface area is 152 Å². The number of benzene rings is 1. The van der Waals surface area contributed by atoms with Gasteiger partial charge in [0.15, 0.2) is 0 Å². The topological polar surface area (TPSA) is 118 Å². The number of nitrogens with one attached hydrogen (secondary N) is 3. The molecule has 0 saturated heterocycles. The second kappa shape index (κ2) is 8.63. The van der Waals surface area contributed by atoms with Crippen LogP contribution in [0.25, 0.3) is 0 Å². The van der Waals surface area contributed by atoms with Crippen molar-refractivity contribution in [2.45, 2.75) is 25.3 Å². The maximum atomic E-state index is 12.1. The largest absolute Gasteiger partial charge is 0.472 e. The minimum absolute atomic E-state index is 0.104. The van der Waals surface area contributed by atoms with Crippen molar-refractivity contribution in [2.75, 3.05) is 7.05 Å². The molecule has 0 fully saturated rings. The van der Waals surface area contributed by atoms with Gasteiger partial charge in [0.05, 0.1) is 17.6 Å². The van der Waals surface area contributed by atoms with Crippen LogP contribution in [0.1, 0.15) is 28.4 Å². The van der Waals surface area contributed by atoms with Crippen LogP contribution in [0.5, 0.6) is 0 Å². The molecule has 1 atom stereocenters. The highest BCUT2D eigenvalue weighted by Crippen LogP contribution is 2.08. The predicted molar refractivity (Wildman–Crippen MR) is 95.6 cm³/mol. The van der Waals surface area contributed by atoms with Gasteiger partial charge in [-0.3, -0.25) is 9.59 Å². The number of hydrogen-bond acceptors (Lipinski definition) is 5. The van der Waals surface area contributed by atoms with Crippen LogP contribution in [0.3, 0.4) is 0 Å². The zero-order valence-electron chi connectivity index (χ0n) is 14.5. The fourth-order valence-electron chi connectivity index (χ4n) is 2.13. The molecule has 0 aliphatic carbocycles. The molecule has 26 heavy (non-hydrogen) atoms. The summed E-state index contributed by atoms with van der Waals surface area (Å²) >= 11 is 0. The van der Waals surface area contributed by atoms with Crippen molar-refractivity contribution in [2.24, 2.45) is 0 Å². The van der Waals surface area contributed by atoms with Crippen LogP contribution in [0.4, 0.5) is 0 Å². The first-order valence-electron chi connectivity index (χ1n) is 7.90. The van der Waals surface area contributed by atoms with E-state index in [1.54, 1.807) is 31.2 Å². The summed E-state index contributed by atoms with van der Waals surface area (Å²) in [6, 6.07) is 7.68. The lowest BCUT2D eigenvalue weighted by Gasteiger charge is -2.14. The lowest BCUT2D eigenvalue weighted by atomic mass is 10.1. The Morgan fingerprint density at radius 2 is 1.77 bits per heavy atom. The van der Waals surface area contributed by atoms with Crippen LogP contribution < -0.4 is 15.4 Å². The number of carbonyl (C=O) groups excluding carboxylic acids is 2. The number of furan rings is 1. The summed E-state index contributed by atoms with van der Waals surface area (Å²) in [4.78, 5) is 23.9. The molecular formula is C17H21N3O5S. The molecule has 1 aromatic carbocycles. The van der Waals surface area contributed by atoms with E-state index in [-0.39, 0.29) is 18.2 Å². The van der Waals surface area contributed by atoms with Crippen molar-refractivity contribution in [1.82, 2.24) is 15.4 Å². The molecule has 0 saturated carbocycles. The van der Waals surface area contributed by atoms with Crippen molar-refractivity contribution in [3.8, 4) is 0 Å². The van der Waals surface area contributed by atoms with Crippen LogP contribution in [0.2, 0.25) is 0 Å². The molecule has 8 nitrogen and oxygen atoms in total. The van der Waals surface area contributed by atoms with Gasteiger partial charge < -0.3 is 15.1 Å². The molecule has 0 aliphatic rings. The van der Waals surface area contributed by atoms with Gasteiger partial charge in [0.25, 0.3) is 5.91 Å². The summed E-state index contributed by atoms with van der Waals surface area (Å²) in [5.41, 5.74) is 1.81. The van der Waals surface area contributed by atoms with Gasteiger partial charge in [-0.05, 0) is 31.2 Å². The third kappa shape index (κ3) is 5.71. The van der Waals surface area contributed by atoms with Gasteiger partial charge in [0.1, 0.15) is 12.3 Å². The fourth-order valence-corrected chi connectivity index (χ4v) is 2.90. The van der Waals surface area contributed by atoms with Crippen LogP contribution in [0, 0.1) is 0 Å². The molecule has 0 aliphatic heterocycles. The second-order valence-electron chi connectivity index (χ2n) is 5.70. The highest BCUT2D eigenvalue weighted by Gasteiger charge is 2.17. The minimum Gasteiger partial charge on any atom is -0.472 e. The lowest BCUT2D eigenvalue weighted by molar-refractivity contribution is -0.122. The summed E-state index contributed by atoms with van der Waals surface area (Å²) < 4.78 is 30.1. The van der Waals surface area contributed by atoms with E-state index in [9.17, 15) is 18.0 Å². The highest BCUT2D eigenvalue weighted by molar-refractivity contribution is 7.88. The Morgan fingerprint density at radius 1 is 1.12 bits per heavy atom. The molecule has 2 rings (SSSR count). The molecule has 140 valence electrons. The van der Waals surface area contributed by atoms with Crippen LogP contribution in [-0.2, 0) is 27.1 Å². The number of sulfonamides is 1. The standard InChI is InChI=1S/C17H21N3O5S/c1-12(20-17(22)15-7-8-25-10-15)16(21)19-9-13-3-5-14(6-4-13)11-26(23,24)18-2/h3-8,10,12,18H,9,11H2,1-2H3,(H,19,21)(H,20,22)/t12-/m0/s1. The summed E-state index contributed by atoms with van der Waals surface area (Å²) in [6.45, 7) is 1.85. The van der Waals surface area contributed by atoms with Gasteiger partial charge in [-0.1, -0.05) is 24.3 Å². The number of carbonyl (C=O) groups is 2. The summed E-state index contributed by atoms with van der Waals surface area (Å²) in [5.74, 6) is -0.826. The van der Waals surface area contributed by atoms with Crippen LogP contribution >= 0.6 is 0 Å². The van der Waals surface area contributed by atoms with Gasteiger partial charge in [-0.2, -0.15) is 0 Å². The number of amides is 2. The van der Waals surface area contributed by atoms with E-state index in [2.05, 4.69) is 15.4 Å². The van der Waals surface area contributed by atoms with E-state index in [1.807, 2.05) is 0 Å². The van der Waals surface area contributed by atoms with Crippen molar-refractivity contribution < 1.29 is 22.4 Å². The number of hydrogen-bond donors (Lipinski definition) is 3. The quantitative estimate of drug-likeness (QED) is 0.626. The molecule has 2 aromatic rings. The van der Waals surface area contributed by atoms with E-state index >= 15 is 0 Å². The van der Waals surface area contributed by atoms with E-state index in [1.165, 1.54) is 25.6 Å². The Kier molecular flexibility index (Phi) is 6.53. The predicted octanol–water partition coefficient (Wildman–Crippen LogP) is 0.764. The molecule has 1 heterocycles. The first-order chi connectivity index (χ1) is 12.3. The lowest BCUT2D eigenvalue weighted by Crippen LogP contribution is -2.44. The van der Waals surface area contributed by atoms with Crippen molar-refractivity contribution in [1.29, 1.82) is 0 Å². The SMILES string of the molecule is CNS(=O)(=O)Cc1ccc(CNC(=O)[C@H](C)NC(=O)c2ccoc2)cc1. The van der Waals surface area contributed by atoms with Crippen molar-refractivity contribution in [3.05, 3.63) is 59.5 Å². The summed E-state index contributed by atoms with van der Waals surface area (Å²) in [5, 5.41) is 5.30. The molecule has 0 unspecified atom stereocenters. The first kappa shape index (κ1) is 19.7. The maximum Gasteiger partial charge on any atom is 0.255 e. The van der Waals surface area contributed by atoms with E-state index in [0.717, 1.165) is 5.56 Å². The Morgan fingerprint density at radius 3 is 2.35 bits per heavy atom. The van der Waals surface area contributed by atoms with Gasteiger partial charge in [0.2, 0.25) is 15.9 Å². The third-order valence-corrected chi connectivity index (χ3v) is 5.02. The Bertz CT molecular complexity index is 845. The van der Waals surface area contributed by atoms with Gasteiger partial charge in [-0.25, -0.2) is 13.1 Å². The minimum atomic E-state index is -3.32. The third-order valence-electron chi connectivity index (χ3n) is 3.68. The maximum absolute atomic E-state index is 12.1. The Balaban J connectivity index is 1.84. The first-order valence-corrected chi connectivity index (χ1v) is 9.56. The average molecular weight is 379 g/mol. The monoisotopic (exact) mass is 379 g/mol. The number of rotatable bonds is 8. The second-order valence-corrected chi connectivity index (χ2v) is 7.63. The molecule has 2 amide bonds. The highest BCUT2D eigenvalue weighted by atomic mass is 32.2. The van der Waals surface area contributed by atoms with Gasteiger partial charge in [-0.15, -0.1) is 0 Å². The molecule has 0 spiro atoms. The van der Waals surface area contributed by atoms with E-state index in [4.69, 9.17) is 4.42 Å². The molecule has 3 N–H and O–H groups in total. The summed E-state index contributed by atoms with van der Waals surface area (Å²) in [7, 11) is -1.95. The Hall–Kier alpha value is -2.65. The summed E-state index contributed by atoms with van der Waals surface area (Å²) in [6.07, 6.45) is 2.68. The van der Waals surface area contributed by atoms with Crippen LogP contribution in [-0.4, -0.2) is 33.3 Å². The zero-order chi connectivity index (χ0) is 19.2. The smallest absolute Gasteiger partial charge is 0.255 e. The molecule has 9 heteroatoms. The molecule has 1 aromatic heterocycles. The van der Waals surface area contributed by atoms with E-state index < -0.39 is 22.0 Å². The average Bonchev–Trinajstić information content (AvgIpc) is 3.15. The van der Waals surface area contributed by atoms with Crippen LogP contribution in [0.15, 0.2) is 47.3 Å². The molecule has 0 radical (unpaired) electrons. The fraction of sp³-hybridized carbons (Fsp3) is 0.294. The molecular weight excluding hydrogens is 358 g/mol. The van der Waals surface area contributed by atoms with Gasteiger partial charge in [0, 0.05) is 6.54 Å². The van der Waals surface area contributed by atoms with Crippen molar-refractivity contribution in [3.63, 3.8) is 0 Å². The zero-order valence-corrected chi connectivity index (χ0v) is 15.3. The normalized spacial score (nSPS) is 12.4. The van der Waals surface area contributed by atoms with E-state index in [0.29, 0.717) is 11.1 Å². The molecule has 0 bridgehead atoms. The van der Waals surface area contributed by atoms with Crippen molar-refractivity contribution >= 4 is 21.8 Å².